The normalized spacial score (nSPS) is 10.2. The van der Waals surface area contributed by atoms with E-state index in [-0.39, 0.29) is 5.91 Å². The van der Waals surface area contributed by atoms with Gasteiger partial charge in [-0.05, 0) is 42.7 Å². The maximum Gasteiger partial charge on any atom is 0.251 e. The van der Waals surface area contributed by atoms with Crippen LogP contribution in [0.4, 0.5) is 11.5 Å². The predicted octanol–water partition coefficient (Wildman–Crippen LogP) is 4.19. The number of para-hydroxylation sites is 1. The Bertz CT molecular complexity index is 804. The van der Waals surface area contributed by atoms with E-state index in [1.54, 1.807) is 18.3 Å². The summed E-state index contributed by atoms with van der Waals surface area (Å²) in [5.41, 5.74) is 2.83. The van der Waals surface area contributed by atoms with E-state index in [9.17, 15) is 4.79 Å². The first kappa shape index (κ1) is 16.7. The summed E-state index contributed by atoms with van der Waals surface area (Å²) in [4.78, 5) is 16.6. The molecule has 3 aromatic rings. The van der Waals surface area contributed by atoms with Gasteiger partial charge in [0.05, 0.1) is 0 Å². The number of nitrogens with zero attached hydrogens (tertiary/aromatic N) is 1. The van der Waals surface area contributed by atoms with Gasteiger partial charge in [-0.2, -0.15) is 0 Å². The minimum atomic E-state index is -0.0772. The van der Waals surface area contributed by atoms with Crippen LogP contribution in [-0.4, -0.2) is 17.4 Å². The average Bonchev–Trinajstić information content (AvgIpc) is 2.67. The van der Waals surface area contributed by atoms with Crippen LogP contribution in [0.25, 0.3) is 0 Å². The molecule has 1 aromatic heterocycles. The van der Waals surface area contributed by atoms with Crippen molar-refractivity contribution in [3.05, 3.63) is 90.1 Å². The number of carbonyl (C=O) groups is 1. The maximum atomic E-state index is 12.3. The van der Waals surface area contributed by atoms with Gasteiger partial charge in [0.25, 0.3) is 5.91 Å². The van der Waals surface area contributed by atoms with Crippen LogP contribution in [0.5, 0.6) is 0 Å². The maximum absolute atomic E-state index is 12.3. The number of aromatic nitrogens is 1. The van der Waals surface area contributed by atoms with Crippen LogP contribution in [-0.2, 0) is 6.42 Å². The quantitative estimate of drug-likeness (QED) is 0.638. The fourth-order valence-electron chi connectivity index (χ4n) is 2.55. The predicted molar refractivity (Wildman–Crippen MR) is 101 cm³/mol. The van der Waals surface area contributed by atoms with Gasteiger partial charge in [-0.3, -0.25) is 4.79 Å². The topological polar surface area (TPSA) is 54.0 Å². The molecule has 4 heteroatoms. The Kier molecular flexibility index (Phi) is 5.77. The molecule has 2 aromatic carbocycles. The molecule has 0 aliphatic carbocycles. The monoisotopic (exact) mass is 331 g/mol. The third-order valence-corrected chi connectivity index (χ3v) is 3.84. The summed E-state index contributed by atoms with van der Waals surface area (Å²) in [7, 11) is 0. The Morgan fingerprint density at radius 1 is 0.920 bits per heavy atom. The van der Waals surface area contributed by atoms with Gasteiger partial charge in [0.1, 0.15) is 5.82 Å². The molecule has 0 bridgehead atoms. The van der Waals surface area contributed by atoms with Crippen LogP contribution in [0.1, 0.15) is 22.3 Å². The third-order valence-electron chi connectivity index (χ3n) is 3.84. The van der Waals surface area contributed by atoms with Crippen molar-refractivity contribution in [2.45, 2.75) is 12.8 Å². The van der Waals surface area contributed by atoms with Crippen molar-refractivity contribution >= 4 is 17.4 Å². The second-order valence-electron chi connectivity index (χ2n) is 5.77. The molecule has 0 aliphatic heterocycles. The highest BCUT2D eigenvalue weighted by atomic mass is 16.1. The summed E-state index contributed by atoms with van der Waals surface area (Å²) in [6.07, 6.45) is 3.51. The van der Waals surface area contributed by atoms with Gasteiger partial charge in [0, 0.05) is 24.0 Å². The van der Waals surface area contributed by atoms with Gasteiger partial charge in [-0.15, -0.1) is 0 Å². The molecule has 1 amide bonds. The fraction of sp³-hybridized carbons (Fsp3) is 0.143. The SMILES string of the molecule is O=C(NCCCc1ccccc1)c1ccnc(Nc2ccccc2)c1. The second-order valence-corrected chi connectivity index (χ2v) is 5.77. The summed E-state index contributed by atoms with van der Waals surface area (Å²) < 4.78 is 0. The van der Waals surface area contributed by atoms with Crippen molar-refractivity contribution in [1.82, 2.24) is 10.3 Å². The molecule has 4 nitrogen and oxygen atoms in total. The standard InChI is InChI=1S/C21H21N3O/c25-21(23-14-7-10-17-8-3-1-4-9-17)18-13-15-22-20(16-18)24-19-11-5-2-6-12-19/h1-6,8-9,11-13,15-16H,7,10,14H2,(H,22,24)(H,23,25). The Morgan fingerprint density at radius 3 is 2.40 bits per heavy atom. The van der Waals surface area contributed by atoms with Crippen LogP contribution < -0.4 is 10.6 Å². The Balaban J connectivity index is 1.51. The first-order valence-electron chi connectivity index (χ1n) is 8.41. The van der Waals surface area contributed by atoms with Gasteiger partial charge >= 0.3 is 0 Å². The lowest BCUT2D eigenvalue weighted by molar-refractivity contribution is 0.0953. The lowest BCUT2D eigenvalue weighted by atomic mass is 10.1. The molecule has 25 heavy (non-hydrogen) atoms. The van der Waals surface area contributed by atoms with E-state index < -0.39 is 0 Å². The van der Waals surface area contributed by atoms with E-state index in [1.807, 2.05) is 48.5 Å². The largest absolute Gasteiger partial charge is 0.352 e. The van der Waals surface area contributed by atoms with Crippen LogP contribution in [0.3, 0.4) is 0 Å². The summed E-state index contributed by atoms with van der Waals surface area (Å²) >= 11 is 0. The number of hydrogen-bond acceptors (Lipinski definition) is 3. The van der Waals surface area contributed by atoms with Crippen molar-refractivity contribution < 1.29 is 4.79 Å². The molecule has 126 valence electrons. The number of nitrogens with one attached hydrogen (secondary N) is 2. The number of pyridine rings is 1. The zero-order valence-electron chi connectivity index (χ0n) is 14.0. The molecule has 2 N–H and O–H groups in total. The molecule has 0 saturated carbocycles. The van der Waals surface area contributed by atoms with E-state index in [0.29, 0.717) is 17.9 Å². The lowest BCUT2D eigenvalue weighted by Gasteiger charge is -2.08. The molecule has 0 fully saturated rings. The molecule has 0 unspecified atom stereocenters. The number of benzene rings is 2. The molecular weight excluding hydrogens is 310 g/mol. The average molecular weight is 331 g/mol. The van der Waals surface area contributed by atoms with Crippen LogP contribution in [0.2, 0.25) is 0 Å². The number of aryl methyl sites for hydroxylation is 1. The number of rotatable bonds is 7. The summed E-state index contributed by atoms with van der Waals surface area (Å²) in [6, 6.07) is 23.5. The minimum absolute atomic E-state index is 0.0772. The first-order valence-corrected chi connectivity index (χ1v) is 8.41. The molecule has 0 saturated heterocycles. The number of carbonyl (C=O) groups excluding carboxylic acids is 1. The molecule has 0 radical (unpaired) electrons. The number of hydrogen-bond donors (Lipinski definition) is 2. The van der Waals surface area contributed by atoms with Crippen molar-refractivity contribution in [1.29, 1.82) is 0 Å². The van der Waals surface area contributed by atoms with Gasteiger partial charge < -0.3 is 10.6 Å². The fourth-order valence-corrected chi connectivity index (χ4v) is 2.55. The van der Waals surface area contributed by atoms with Gasteiger partial charge in [0.15, 0.2) is 0 Å². The molecular formula is C21H21N3O. The highest BCUT2D eigenvalue weighted by Crippen LogP contribution is 2.14. The van der Waals surface area contributed by atoms with Gasteiger partial charge in [-0.1, -0.05) is 48.5 Å². The highest BCUT2D eigenvalue weighted by Gasteiger charge is 2.06. The summed E-state index contributed by atoms with van der Waals surface area (Å²) in [5, 5.41) is 6.16. The van der Waals surface area contributed by atoms with Gasteiger partial charge in [0.2, 0.25) is 0 Å². The third kappa shape index (κ3) is 5.18. The smallest absolute Gasteiger partial charge is 0.251 e. The van der Waals surface area contributed by atoms with E-state index in [4.69, 9.17) is 0 Å². The molecule has 3 rings (SSSR count). The van der Waals surface area contributed by atoms with Crippen molar-refractivity contribution in [3.8, 4) is 0 Å². The Labute approximate surface area is 147 Å². The van der Waals surface area contributed by atoms with Crippen LogP contribution in [0, 0.1) is 0 Å². The molecule has 0 aliphatic rings. The van der Waals surface area contributed by atoms with E-state index in [1.165, 1.54) is 5.56 Å². The Morgan fingerprint density at radius 2 is 1.64 bits per heavy atom. The Hall–Kier alpha value is -3.14. The van der Waals surface area contributed by atoms with Crippen molar-refractivity contribution in [2.24, 2.45) is 0 Å². The summed E-state index contributed by atoms with van der Waals surface area (Å²) in [5.74, 6) is 0.578. The molecule has 0 spiro atoms. The lowest BCUT2D eigenvalue weighted by Crippen LogP contribution is -2.24. The van der Waals surface area contributed by atoms with E-state index >= 15 is 0 Å². The second kappa shape index (κ2) is 8.64. The zero-order chi connectivity index (χ0) is 17.3. The zero-order valence-corrected chi connectivity index (χ0v) is 14.0. The van der Waals surface area contributed by atoms with Gasteiger partial charge in [-0.25, -0.2) is 4.98 Å². The molecule has 0 atom stereocenters. The first-order chi connectivity index (χ1) is 12.3. The number of amides is 1. The van der Waals surface area contributed by atoms with E-state index in [0.717, 1.165) is 18.5 Å². The van der Waals surface area contributed by atoms with Crippen LogP contribution in [0.15, 0.2) is 79.0 Å². The van der Waals surface area contributed by atoms with Crippen molar-refractivity contribution in [2.75, 3.05) is 11.9 Å². The van der Waals surface area contributed by atoms with Crippen LogP contribution >= 0.6 is 0 Å². The highest BCUT2D eigenvalue weighted by molar-refractivity contribution is 5.94. The number of anilines is 2. The van der Waals surface area contributed by atoms with E-state index in [2.05, 4.69) is 27.8 Å². The summed E-state index contributed by atoms with van der Waals surface area (Å²) in [6.45, 7) is 0.650. The molecule has 1 heterocycles. The minimum Gasteiger partial charge on any atom is -0.352 e. The van der Waals surface area contributed by atoms with Crippen molar-refractivity contribution in [3.63, 3.8) is 0 Å².